The molecule has 1 unspecified atom stereocenters. The molecular weight excluding hydrogens is 272 g/mol. The lowest BCUT2D eigenvalue weighted by molar-refractivity contribution is 0.243. The Labute approximate surface area is 125 Å². The summed E-state index contributed by atoms with van der Waals surface area (Å²) in [6.45, 7) is 2.94. The van der Waals surface area contributed by atoms with Crippen LogP contribution in [0.25, 0.3) is 5.57 Å². The molecule has 1 aromatic rings. The van der Waals surface area contributed by atoms with Crippen LogP contribution in [-0.2, 0) is 4.74 Å². The minimum atomic E-state index is 0.839. The number of thioether (sulfide) groups is 2. The Morgan fingerprint density at radius 3 is 2.89 bits per heavy atom. The van der Waals surface area contributed by atoms with E-state index in [1.807, 2.05) is 12.3 Å². The highest BCUT2D eigenvalue weighted by molar-refractivity contribution is 8.06. The second kappa shape index (κ2) is 8.60. The molecule has 0 N–H and O–H groups in total. The first-order chi connectivity index (χ1) is 9.36. The van der Waals surface area contributed by atoms with Gasteiger partial charge in [0.05, 0.1) is 12.9 Å². The van der Waals surface area contributed by atoms with E-state index in [9.17, 15) is 0 Å². The van der Waals surface area contributed by atoms with Gasteiger partial charge in [-0.05, 0) is 30.9 Å². The molecule has 1 saturated heterocycles. The number of hydrogen-bond acceptors (Lipinski definition) is 3. The highest BCUT2D eigenvalue weighted by atomic mass is 32.2. The molecule has 1 heterocycles. The van der Waals surface area contributed by atoms with Crippen molar-refractivity contribution in [2.24, 2.45) is 0 Å². The summed E-state index contributed by atoms with van der Waals surface area (Å²) in [6, 6.07) is 10.4. The molecule has 1 aliphatic rings. The Bertz CT molecular complexity index is 383. The van der Waals surface area contributed by atoms with Gasteiger partial charge in [-0.15, -0.1) is 0 Å². The summed E-state index contributed by atoms with van der Waals surface area (Å²) in [5.41, 5.74) is 2.44. The van der Waals surface area contributed by atoms with Crippen molar-refractivity contribution < 1.29 is 4.74 Å². The smallest absolute Gasteiger partial charge is 0.0873 e. The molecule has 0 saturated carbocycles. The summed E-state index contributed by atoms with van der Waals surface area (Å²) < 4.78 is 5.66. The van der Waals surface area contributed by atoms with E-state index in [0.717, 1.165) is 18.3 Å². The molecule has 1 nitrogen and oxygen atoms in total. The zero-order valence-corrected chi connectivity index (χ0v) is 13.1. The number of rotatable bonds is 6. The molecule has 0 spiro atoms. The quantitative estimate of drug-likeness (QED) is 0.556. The van der Waals surface area contributed by atoms with Gasteiger partial charge < -0.3 is 4.74 Å². The van der Waals surface area contributed by atoms with Crippen LogP contribution in [-0.4, -0.2) is 29.1 Å². The zero-order chi connectivity index (χ0) is 13.3. The molecule has 2 rings (SSSR count). The highest BCUT2D eigenvalue weighted by Gasteiger charge is 2.13. The number of hydrogen-bond donors (Lipinski definition) is 0. The first kappa shape index (κ1) is 14.9. The van der Waals surface area contributed by atoms with Crippen LogP contribution in [0.2, 0.25) is 0 Å². The van der Waals surface area contributed by atoms with Crippen LogP contribution in [0, 0.1) is 0 Å². The van der Waals surface area contributed by atoms with Crippen LogP contribution >= 0.6 is 23.5 Å². The summed E-state index contributed by atoms with van der Waals surface area (Å²) in [4.78, 5) is 0. The summed E-state index contributed by atoms with van der Waals surface area (Å²) in [7, 11) is 0. The average molecular weight is 294 g/mol. The van der Waals surface area contributed by atoms with Crippen molar-refractivity contribution in [2.75, 3.05) is 23.9 Å². The monoisotopic (exact) mass is 294 g/mol. The lowest BCUT2D eigenvalue weighted by Crippen LogP contribution is -2.14. The van der Waals surface area contributed by atoms with E-state index < -0.39 is 0 Å². The number of allylic oxidation sites excluding steroid dienone is 1. The van der Waals surface area contributed by atoms with Crippen molar-refractivity contribution in [3.05, 3.63) is 42.2 Å². The average Bonchev–Trinajstić information content (AvgIpc) is 2.49. The normalized spacial score (nSPS) is 20.3. The van der Waals surface area contributed by atoms with Crippen molar-refractivity contribution >= 4 is 29.1 Å². The fourth-order valence-corrected chi connectivity index (χ4v) is 4.84. The first-order valence-electron chi connectivity index (χ1n) is 6.89. The maximum Gasteiger partial charge on any atom is 0.0873 e. The van der Waals surface area contributed by atoms with Crippen molar-refractivity contribution in [3.63, 3.8) is 0 Å². The first-order valence-corrected chi connectivity index (χ1v) is 9.10. The van der Waals surface area contributed by atoms with E-state index in [1.165, 1.54) is 34.8 Å². The molecule has 1 aromatic carbocycles. The highest BCUT2D eigenvalue weighted by Crippen LogP contribution is 2.27. The second-order valence-corrected chi connectivity index (χ2v) is 7.31. The van der Waals surface area contributed by atoms with Gasteiger partial charge in [-0.2, -0.15) is 23.5 Å². The van der Waals surface area contributed by atoms with E-state index in [-0.39, 0.29) is 0 Å². The van der Waals surface area contributed by atoms with Gasteiger partial charge in [-0.25, -0.2) is 0 Å². The molecular formula is C16H22OS2. The summed E-state index contributed by atoms with van der Waals surface area (Å²) in [5.74, 6) is 3.98. The molecule has 3 heteroatoms. The van der Waals surface area contributed by atoms with Gasteiger partial charge in [0.1, 0.15) is 0 Å². The molecule has 0 aromatic heterocycles. The molecule has 1 aliphatic heterocycles. The van der Waals surface area contributed by atoms with Gasteiger partial charge >= 0.3 is 0 Å². The third-order valence-electron chi connectivity index (χ3n) is 3.16. The number of benzene rings is 1. The minimum Gasteiger partial charge on any atom is -0.501 e. The van der Waals surface area contributed by atoms with E-state index in [0.29, 0.717) is 0 Å². The largest absolute Gasteiger partial charge is 0.501 e. The topological polar surface area (TPSA) is 9.23 Å². The summed E-state index contributed by atoms with van der Waals surface area (Å²) in [5, 5.41) is 0.849. The van der Waals surface area contributed by atoms with Crippen LogP contribution in [0.4, 0.5) is 0 Å². The van der Waals surface area contributed by atoms with Crippen LogP contribution in [0.5, 0.6) is 0 Å². The predicted molar refractivity (Wildman–Crippen MR) is 88.9 cm³/mol. The lowest BCUT2D eigenvalue weighted by Gasteiger charge is -2.20. The molecule has 0 amide bonds. The van der Waals surface area contributed by atoms with Gasteiger partial charge in [0, 0.05) is 22.5 Å². The standard InChI is InChI=1S/C16H22OS2/c1-14(15-6-3-2-4-7-15)12-17-9-5-8-16-13-18-10-11-19-16/h2-4,6-7,12,16H,5,8-11,13H2,1H3/b14-12-. The SMILES string of the molecule is C/C(=C/OCCCC1CSCCS1)c1ccccc1. The van der Waals surface area contributed by atoms with Crippen molar-refractivity contribution in [1.82, 2.24) is 0 Å². The fraction of sp³-hybridized carbons (Fsp3) is 0.500. The maximum absolute atomic E-state index is 5.66. The summed E-state index contributed by atoms with van der Waals surface area (Å²) in [6.07, 6.45) is 4.35. The van der Waals surface area contributed by atoms with E-state index >= 15 is 0 Å². The Balaban J connectivity index is 1.63. The molecule has 104 valence electrons. The third-order valence-corrected chi connectivity index (χ3v) is 6.08. The Hall–Kier alpha value is -0.540. The van der Waals surface area contributed by atoms with Gasteiger partial charge in [0.25, 0.3) is 0 Å². The number of ether oxygens (including phenoxy) is 1. The Morgan fingerprint density at radius 1 is 1.32 bits per heavy atom. The van der Waals surface area contributed by atoms with E-state index in [2.05, 4.69) is 54.7 Å². The molecule has 0 radical (unpaired) electrons. The molecule has 0 bridgehead atoms. The Kier molecular flexibility index (Phi) is 6.72. The maximum atomic E-state index is 5.66. The van der Waals surface area contributed by atoms with Crippen molar-refractivity contribution in [2.45, 2.75) is 25.0 Å². The van der Waals surface area contributed by atoms with Crippen LogP contribution in [0.1, 0.15) is 25.3 Å². The van der Waals surface area contributed by atoms with Gasteiger partial charge in [-0.3, -0.25) is 0 Å². The van der Waals surface area contributed by atoms with E-state index in [1.54, 1.807) is 0 Å². The van der Waals surface area contributed by atoms with Crippen molar-refractivity contribution in [3.8, 4) is 0 Å². The second-order valence-electron chi connectivity index (χ2n) is 4.75. The minimum absolute atomic E-state index is 0.839. The van der Waals surface area contributed by atoms with Gasteiger partial charge in [-0.1, -0.05) is 30.3 Å². The Morgan fingerprint density at radius 2 is 2.16 bits per heavy atom. The summed E-state index contributed by atoms with van der Waals surface area (Å²) >= 11 is 4.23. The van der Waals surface area contributed by atoms with Crippen LogP contribution in [0.15, 0.2) is 36.6 Å². The molecule has 0 aliphatic carbocycles. The lowest BCUT2D eigenvalue weighted by atomic mass is 10.1. The van der Waals surface area contributed by atoms with Crippen LogP contribution in [0.3, 0.4) is 0 Å². The van der Waals surface area contributed by atoms with Crippen LogP contribution < -0.4 is 0 Å². The zero-order valence-electron chi connectivity index (χ0n) is 11.5. The molecule has 1 atom stereocenters. The van der Waals surface area contributed by atoms with Gasteiger partial charge in [0.2, 0.25) is 0 Å². The third kappa shape index (κ3) is 5.53. The molecule has 1 fully saturated rings. The predicted octanol–water partition coefficient (Wildman–Crippen LogP) is 4.69. The van der Waals surface area contributed by atoms with E-state index in [4.69, 9.17) is 4.74 Å². The fourth-order valence-electron chi connectivity index (χ4n) is 2.05. The van der Waals surface area contributed by atoms with Crippen molar-refractivity contribution in [1.29, 1.82) is 0 Å². The van der Waals surface area contributed by atoms with Gasteiger partial charge in [0.15, 0.2) is 0 Å². The molecule has 19 heavy (non-hydrogen) atoms.